The Hall–Kier alpha value is -5.22. The van der Waals surface area contributed by atoms with Crippen molar-refractivity contribution in [2.45, 2.75) is 93.9 Å². The number of rotatable bonds is 8. The van der Waals surface area contributed by atoms with Gasteiger partial charge in [-0.3, -0.25) is 19.1 Å². The van der Waals surface area contributed by atoms with E-state index in [9.17, 15) is 27.6 Å². The van der Waals surface area contributed by atoms with Gasteiger partial charge in [-0.05, 0) is 76.1 Å². The molecule has 0 bridgehead atoms. The summed E-state index contributed by atoms with van der Waals surface area (Å²) in [5.74, 6) is -1.64. The lowest BCUT2D eigenvalue weighted by molar-refractivity contribution is -0.141. The van der Waals surface area contributed by atoms with Crippen molar-refractivity contribution in [2.24, 2.45) is 5.92 Å². The van der Waals surface area contributed by atoms with E-state index >= 15 is 0 Å². The smallest absolute Gasteiger partial charge is 0.408 e. The Bertz CT molecular complexity index is 2170. The Morgan fingerprint density at radius 1 is 1.04 bits per heavy atom. The topological polar surface area (TPSA) is 192 Å². The van der Waals surface area contributed by atoms with Gasteiger partial charge in [-0.15, -0.1) is 0 Å². The average Bonchev–Trinajstić information content (AvgIpc) is 4.09. The summed E-state index contributed by atoms with van der Waals surface area (Å²) in [5.41, 5.74) is -0.920. The minimum Gasteiger partial charge on any atom is -0.497 e. The molecule has 2 saturated carbocycles. The van der Waals surface area contributed by atoms with Crippen LogP contribution in [-0.2, 0) is 33.9 Å². The number of amides is 4. The number of aromatic nitrogens is 1. The van der Waals surface area contributed by atoms with Crippen molar-refractivity contribution in [1.29, 1.82) is 0 Å². The molecule has 3 fully saturated rings. The summed E-state index contributed by atoms with van der Waals surface area (Å²) < 4.78 is 51.4. The van der Waals surface area contributed by atoms with Gasteiger partial charge in [0.05, 0.1) is 31.2 Å². The number of pyridine rings is 1. The molecule has 304 valence electrons. The summed E-state index contributed by atoms with van der Waals surface area (Å²) in [5, 5.41) is 6.37. The van der Waals surface area contributed by atoms with E-state index in [-0.39, 0.29) is 44.9 Å². The molecular formula is C41H49N5O10S. The molecule has 1 saturated heterocycles. The van der Waals surface area contributed by atoms with Crippen molar-refractivity contribution < 1.29 is 46.5 Å². The molecular weight excluding hydrogens is 755 g/mol. The van der Waals surface area contributed by atoms with Crippen LogP contribution in [0.3, 0.4) is 0 Å². The third-order valence-corrected chi connectivity index (χ3v) is 12.3. The summed E-state index contributed by atoms with van der Waals surface area (Å²) in [4.78, 5) is 62.1. The highest BCUT2D eigenvalue weighted by Gasteiger charge is 2.62. The molecule has 3 heterocycles. The normalized spacial score (nSPS) is 26.1. The molecule has 0 spiro atoms. The number of carbonyl (C=O) groups excluding carboxylic acids is 4. The summed E-state index contributed by atoms with van der Waals surface area (Å²) in [6, 6.07) is 14.7. The number of nitrogens with zero attached hydrogens (tertiary/aromatic N) is 2. The van der Waals surface area contributed by atoms with E-state index in [0.717, 1.165) is 10.9 Å². The second-order valence-electron chi connectivity index (χ2n) is 16.0. The highest BCUT2D eigenvalue weighted by molar-refractivity contribution is 7.91. The van der Waals surface area contributed by atoms with Gasteiger partial charge < -0.3 is 34.5 Å². The zero-order chi connectivity index (χ0) is 40.5. The number of ether oxygens (including phenoxy) is 4. The molecule has 4 amide bonds. The lowest BCUT2D eigenvalue weighted by Crippen LogP contribution is -2.58. The van der Waals surface area contributed by atoms with Crippen molar-refractivity contribution in [3.8, 4) is 22.9 Å². The van der Waals surface area contributed by atoms with Gasteiger partial charge in [-0.2, -0.15) is 0 Å². The zero-order valence-corrected chi connectivity index (χ0v) is 33.3. The van der Waals surface area contributed by atoms with Gasteiger partial charge in [-0.25, -0.2) is 18.2 Å². The van der Waals surface area contributed by atoms with Crippen LogP contribution in [0.1, 0.15) is 59.3 Å². The van der Waals surface area contributed by atoms with E-state index in [1.54, 1.807) is 40.0 Å². The monoisotopic (exact) mass is 803 g/mol. The van der Waals surface area contributed by atoms with Crippen LogP contribution in [0.25, 0.3) is 22.0 Å². The minimum absolute atomic E-state index is 0.000696. The second-order valence-corrected chi connectivity index (χ2v) is 18.0. The lowest BCUT2D eigenvalue weighted by Gasteiger charge is -2.30. The van der Waals surface area contributed by atoms with E-state index < -0.39 is 74.3 Å². The van der Waals surface area contributed by atoms with Crippen LogP contribution in [0.5, 0.6) is 11.6 Å². The van der Waals surface area contributed by atoms with Crippen molar-refractivity contribution in [2.75, 3.05) is 26.9 Å². The third-order valence-electron chi connectivity index (χ3n) is 10.5. The maximum Gasteiger partial charge on any atom is 0.408 e. The molecule has 2 unspecified atom stereocenters. The number of methoxy groups -OCH3 is 1. The van der Waals surface area contributed by atoms with Gasteiger partial charge in [0.25, 0.3) is 5.91 Å². The minimum atomic E-state index is -3.92. The van der Waals surface area contributed by atoms with E-state index in [1.807, 2.05) is 54.6 Å². The molecule has 5 atom stereocenters. The van der Waals surface area contributed by atoms with E-state index in [0.29, 0.717) is 36.1 Å². The first kappa shape index (κ1) is 40.0. The number of sulfonamides is 1. The number of fused-ring (bicyclic) bond motifs is 3. The maximum atomic E-state index is 14.6. The molecule has 15 nitrogen and oxygen atoms in total. The molecule has 57 heavy (non-hydrogen) atoms. The fraction of sp³-hybridized carbons (Fsp3) is 0.488. The van der Waals surface area contributed by atoms with Gasteiger partial charge in [0, 0.05) is 36.3 Å². The summed E-state index contributed by atoms with van der Waals surface area (Å²) >= 11 is 0. The van der Waals surface area contributed by atoms with Crippen LogP contribution in [0.15, 0.2) is 66.7 Å². The van der Waals surface area contributed by atoms with Crippen LogP contribution < -0.4 is 24.8 Å². The molecule has 16 heteroatoms. The average molecular weight is 804 g/mol. The standard InChI is InChI=1S/C41H49N5O10S/c1-40(2,3)56-39(50)43-32-17-19-54-18-9-8-12-27-23-41(27,38(49)45-57(51,52)30-14-15-30)44-35(47)34-22-29(24-46(34)37(32)48)55-36-31-16-13-28(53-4)20-26(31)21-33(42-36)25-10-6-5-7-11-25/h5-8,10-13,16,20-21,27,29-30,32,34H,9,14-15,17-19,22-24H2,1-4H3,(H,43,50)(H,44,47)(H,45,49)/b12-8-/t27?,29?,32-,34-,41+/m0/s1. The molecule has 0 radical (unpaired) electrons. The number of nitrogens with one attached hydrogen (secondary N) is 3. The maximum absolute atomic E-state index is 14.6. The van der Waals surface area contributed by atoms with Crippen LogP contribution >= 0.6 is 0 Å². The molecule has 1 aromatic heterocycles. The predicted molar refractivity (Wildman–Crippen MR) is 210 cm³/mol. The molecule has 3 aromatic rings. The van der Waals surface area contributed by atoms with E-state index in [2.05, 4.69) is 15.4 Å². The lowest BCUT2D eigenvalue weighted by atomic mass is 10.1. The van der Waals surface area contributed by atoms with E-state index in [4.69, 9.17) is 23.9 Å². The summed E-state index contributed by atoms with van der Waals surface area (Å²) in [7, 11) is -2.34. The van der Waals surface area contributed by atoms with Crippen LogP contribution in [-0.4, -0.2) is 104 Å². The fourth-order valence-electron chi connectivity index (χ4n) is 7.30. The number of hydrogen-bond acceptors (Lipinski definition) is 11. The second kappa shape index (κ2) is 16.0. The molecule has 2 aromatic carbocycles. The third kappa shape index (κ3) is 9.17. The predicted octanol–water partition coefficient (Wildman–Crippen LogP) is 4.00. The number of benzene rings is 2. The first-order chi connectivity index (χ1) is 27.2. The highest BCUT2D eigenvalue weighted by Crippen LogP contribution is 2.46. The first-order valence-electron chi connectivity index (χ1n) is 19.3. The van der Waals surface area contributed by atoms with Gasteiger partial charge in [0.15, 0.2) is 0 Å². The molecule has 2 aliphatic heterocycles. The van der Waals surface area contributed by atoms with Gasteiger partial charge in [0.2, 0.25) is 27.7 Å². The van der Waals surface area contributed by atoms with Crippen molar-refractivity contribution in [3.05, 3.63) is 66.7 Å². The summed E-state index contributed by atoms with van der Waals surface area (Å²) in [6.07, 6.45) is 3.66. The van der Waals surface area contributed by atoms with E-state index in [1.165, 1.54) is 4.90 Å². The van der Waals surface area contributed by atoms with Crippen molar-refractivity contribution in [3.63, 3.8) is 0 Å². The van der Waals surface area contributed by atoms with Gasteiger partial charge in [0.1, 0.15) is 35.1 Å². The van der Waals surface area contributed by atoms with Crippen LogP contribution in [0, 0.1) is 5.92 Å². The van der Waals surface area contributed by atoms with Crippen molar-refractivity contribution >= 4 is 44.6 Å². The Kier molecular flexibility index (Phi) is 11.2. The van der Waals surface area contributed by atoms with Crippen molar-refractivity contribution in [1.82, 2.24) is 25.2 Å². The first-order valence-corrected chi connectivity index (χ1v) is 20.8. The largest absolute Gasteiger partial charge is 0.497 e. The van der Waals surface area contributed by atoms with Gasteiger partial charge in [-0.1, -0.05) is 42.5 Å². The number of carbonyl (C=O) groups is 4. The number of alkyl carbamates (subject to hydrolysis) is 1. The SMILES string of the molecule is COc1ccc2c(OC3C[C@H]4C(=O)N[C@]5(C(=O)NS(=O)(=O)C6CC6)CC5/C=C\CCOCC[C@H](NC(=O)OC(C)(C)C)C(=O)N4C3)nc(-c3ccccc3)cc2c1. The van der Waals surface area contributed by atoms with Crippen LogP contribution in [0.2, 0.25) is 0 Å². The highest BCUT2D eigenvalue weighted by atomic mass is 32.2. The zero-order valence-electron chi connectivity index (χ0n) is 32.5. The number of hydrogen-bond donors (Lipinski definition) is 3. The summed E-state index contributed by atoms with van der Waals surface area (Å²) in [6.45, 7) is 5.45. The molecule has 2 aliphatic carbocycles. The molecule has 7 rings (SSSR count). The Morgan fingerprint density at radius 3 is 2.53 bits per heavy atom. The fourth-order valence-corrected chi connectivity index (χ4v) is 8.66. The molecule has 4 aliphatic rings. The van der Waals surface area contributed by atoms with Gasteiger partial charge >= 0.3 is 6.09 Å². The Balaban J connectivity index is 1.23. The Morgan fingerprint density at radius 2 is 1.81 bits per heavy atom. The quantitative estimate of drug-likeness (QED) is 0.279. The van der Waals surface area contributed by atoms with Crippen LogP contribution in [0.4, 0.5) is 4.79 Å². The Labute approximate surface area is 331 Å². The molecule has 3 N–H and O–H groups in total.